The average Bonchev–Trinajstić information content (AvgIpc) is 2.53. The third-order valence-electron chi connectivity index (χ3n) is 3.11. The predicted octanol–water partition coefficient (Wildman–Crippen LogP) is 2.38. The maximum Gasteiger partial charge on any atom is 0.338 e. The van der Waals surface area contributed by atoms with Crippen molar-refractivity contribution in [1.29, 1.82) is 0 Å². The minimum absolute atomic E-state index is 0.0125. The van der Waals surface area contributed by atoms with Crippen LogP contribution in [0, 0.1) is 0 Å². The number of hydrogen-bond acceptors (Lipinski definition) is 5. The number of carbonyl (C=O) groups excluding carboxylic acids is 1. The molecule has 0 unspecified atom stereocenters. The molecule has 6 nitrogen and oxygen atoms in total. The zero-order valence-corrected chi connectivity index (χ0v) is 15.3. The Kier molecular flexibility index (Phi) is 6.21. The maximum absolute atomic E-state index is 12.7. The minimum atomic E-state index is -3.72. The van der Waals surface area contributed by atoms with Gasteiger partial charge in [-0.2, -0.15) is 4.31 Å². The summed E-state index contributed by atoms with van der Waals surface area (Å²) in [5, 5.41) is 0.177. The van der Waals surface area contributed by atoms with Crippen LogP contribution in [0.2, 0.25) is 0 Å². The summed E-state index contributed by atoms with van der Waals surface area (Å²) in [6.07, 6.45) is 0. The Balaban J connectivity index is 2.29. The summed E-state index contributed by atoms with van der Waals surface area (Å²) in [6, 6.07) is 4.26. The summed E-state index contributed by atoms with van der Waals surface area (Å²) < 4.78 is 37.2. The zero-order valence-electron chi connectivity index (χ0n) is 12.1. The number of carbonyl (C=O) groups is 1. The van der Waals surface area contributed by atoms with Crippen molar-refractivity contribution in [2.45, 2.75) is 4.90 Å². The zero-order chi connectivity index (χ0) is 17.0. The number of rotatable bonds is 5. The first-order valence-corrected chi connectivity index (χ1v) is 9.31. The van der Waals surface area contributed by atoms with E-state index in [4.69, 9.17) is 21.1 Å². The Labute approximate surface area is 148 Å². The molecule has 23 heavy (non-hydrogen) atoms. The molecular weight excluding hydrogens is 410 g/mol. The summed E-state index contributed by atoms with van der Waals surface area (Å²) in [5.41, 5.74) is 0.123. The van der Waals surface area contributed by atoms with Gasteiger partial charge in [0.25, 0.3) is 0 Å². The number of sulfonamides is 1. The van der Waals surface area contributed by atoms with Gasteiger partial charge in [-0.15, -0.1) is 0 Å². The van der Waals surface area contributed by atoms with Crippen LogP contribution in [0.3, 0.4) is 0 Å². The topological polar surface area (TPSA) is 72.9 Å². The van der Waals surface area contributed by atoms with Crippen LogP contribution >= 0.6 is 27.5 Å². The lowest BCUT2D eigenvalue weighted by Crippen LogP contribution is -2.40. The van der Waals surface area contributed by atoms with E-state index in [1.165, 1.54) is 22.5 Å². The Hall–Kier alpha value is -0.930. The highest BCUT2D eigenvalue weighted by molar-refractivity contribution is 9.10. The molecule has 2 rings (SSSR count). The number of morpholine rings is 1. The minimum Gasteiger partial charge on any atom is -0.456 e. The van der Waals surface area contributed by atoms with E-state index in [0.29, 0.717) is 17.7 Å². The van der Waals surface area contributed by atoms with Crippen LogP contribution < -0.4 is 0 Å². The summed E-state index contributed by atoms with van der Waals surface area (Å²) in [6.45, 7) is 4.52. The van der Waals surface area contributed by atoms with Crippen molar-refractivity contribution in [2.24, 2.45) is 0 Å². The molecule has 0 amide bonds. The van der Waals surface area contributed by atoms with E-state index < -0.39 is 16.0 Å². The second-order valence-corrected chi connectivity index (χ2v) is 8.05. The largest absolute Gasteiger partial charge is 0.456 e. The molecule has 0 spiro atoms. The summed E-state index contributed by atoms with van der Waals surface area (Å²) >= 11 is 8.77. The Morgan fingerprint density at radius 2 is 2.04 bits per heavy atom. The molecule has 1 aliphatic heterocycles. The van der Waals surface area contributed by atoms with Gasteiger partial charge < -0.3 is 9.47 Å². The second kappa shape index (κ2) is 7.76. The van der Waals surface area contributed by atoms with Crippen molar-refractivity contribution in [3.8, 4) is 0 Å². The van der Waals surface area contributed by atoms with Gasteiger partial charge in [-0.05, 0) is 34.1 Å². The molecular formula is C14H15BrClNO5S. The van der Waals surface area contributed by atoms with Crippen molar-refractivity contribution in [1.82, 2.24) is 4.31 Å². The maximum atomic E-state index is 12.7. The average molecular weight is 425 g/mol. The van der Waals surface area contributed by atoms with Crippen molar-refractivity contribution in [3.05, 3.63) is 39.8 Å². The predicted molar refractivity (Wildman–Crippen MR) is 89.0 cm³/mol. The quantitative estimate of drug-likeness (QED) is 0.679. The first-order valence-electron chi connectivity index (χ1n) is 6.70. The van der Waals surface area contributed by atoms with Gasteiger partial charge in [0.15, 0.2) is 0 Å². The molecule has 0 bridgehead atoms. The van der Waals surface area contributed by atoms with Gasteiger partial charge in [0, 0.05) is 22.6 Å². The molecule has 9 heteroatoms. The first-order chi connectivity index (χ1) is 10.8. The summed E-state index contributed by atoms with van der Waals surface area (Å²) in [5.74, 6) is -0.669. The fourth-order valence-corrected chi connectivity index (χ4v) is 4.39. The van der Waals surface area contributed by atoms with Gasteiger partial charge in [-0.3, -0.25) is 0 Å². The van der Waals surface area contributed by atoms with Crippen LogP contribution in [0.1, 0.15) is 10.4 Å². The molecule has 126 valence electrons. The standard InChI is InChI=1S/C14H15BrClNO5S/c1-10(16)9-22-14(18)11-2-3-12(15)13(8-11)23(19,20)17-4-6-21-7-5-17/h2-3,8H,1,4-7,9H2. The molecule has 0 N–H and O–H groups in total. The first kappa shape index (κ1) is 18.4. The van der Waals surface area contributed by atoms with E-state index in [1.54, 1.807) is 0 Å². The highest BCUT2D eigenvalue weighted by atomic mass is 79.9. The molecule has 0 aromatic heterocycles. The molecule has 0 atom stereocenters. The van der Waals surface area contributed by atoms with Crippen LogP contribution in [0.25, 0.3) is 0 Å². The van der Waals surface area contributed by atoms with Gasteiger partial charge in [-0.25, -0.2) is 13.2 Å². The Morgan fingerprint density at radius 3 is 2.65 bits per heavy atom. The molecule has 0 saturated carbocycles. The molecule has 1 fully saturated rings. The fourth-order valence-electron chi connectivity index (χ4n) is 1.98. The number of benzene rings is 1. The van der Waals surface area contributed by atoms with E-state index in [0.717, 1.165) is 0 Å². The SMILES string of the molecule is C=C(Cl)COC(=O)c1ccc(Br)c(S(=O)(=O)N2CCOCC2)c1. The number of halogens is 2. The normalized spacial score (nSPS) is 16.1. The fraction of sp³-hybridized carbons (Fsp3) is 0.357. The lowest BCUT2D eigenvalue weighted by atomic mass is 10.2. The number of hydrogen-bond donors (Lipinski definition) is 0. The van der Waals surface area contributed by atoms with Crippen molar-refractivity contribution < 1.29 is 22.7 Å². The van der Waals surface area contributed by atoms with E-state index in [-0.39, 0.29) is 35.2 Å². The molecule has 1 heterocycles. The highest BCUT2D eigenvalue weighted by Gasteiger charge is 2.29. The Morgan fingerprint density at radius 1 is 1.39 bits per heavy atom. The lowest BCUT2D eigenvalue weighted by molar-refractivity contribution is 0.0545. The molecule has 1 aromatic carbocycles. The van der Waals surface area contributed by atoms with E-state index in [9.17, 15) is 13.2 Å². The van der Waals surface area contributed by atoms with Crippen LogP contribution in [0.15, 0.2) is 39.2 Å². The van der Waals surface area contributed by atoms with E-state index in [2.05, 4.69) is 22.5 Å². The van der Waals surface area contributed by atoms with Gasteiger partial charge >= 0.3 is 5.97 Å². The van der Waals surface area contributed by atoms with Gasteiger partial charge in [0.1, 0.15) is 6.61 Å². The van der Waals surface area contributed by atoms with Crippen molar-refractivity contribution >= 4 is 43.5 Å². The van der Waals surface area contributed by atoms with Gasteiger partial charge in [-0.1, -0.05) is 18.2 Å². The third-order valence-corrected chi connectivity index (χ3v) is 6.12. The number of nitrogens with zero attached hydrogens (tertiary/aromatic N) is 1. The number of esters is 1. The van der Waals surface area contributed by atoms with Crippen LogP contribution in [-0.4, -0.2) is 51.6 Å². The monoisotopic (exact) mass is 423 g/mol. The molecule has 1 aromatic rings. The van der Waals surface area contributed by atoms with Crippen molar-refractivity contribution in [2.75, 3.05) is 32.9 Å². The highest BCUT2D eigenvalue weighted by Crippen LogP contribution is 2.27. The second-order valence-electron chi connectivity index (χ2n) is 4.76. The van der Waals surface area contributed by atoms with Crippen LogP contribution in [0.5, 0.6) is 0 Å². The molecule has 0 aliphatic carbocycles. The Bertz CT molecular complexity index is 716. The van der Waals surface area contributed by atoms with Crippen molar-refractivity contribution in [3.63, 3.8) is 0 Å². The smallest absolute Gasteiger partial charge is 0.338 e. The van der Waals surface area contributed by atoms with Gasteiger partial charge in [0.05, 0.1) is 23.7 Å². The summed E-state index contributed by atoms with van der Waals surface area (Å²) in [4.78, 5) is 12.0. The molecule has 1 aliphatic rings. The van der Waals surface area contributed by atoms with Gasteiger partial charge in [0.2, 0.25) is 10.0 Å². The van der Waals surface area contributed by atoms with E-state index >= 15 is 0 Å². The third kappa shape index (κ3) is 4.54. The van der Waals surface area contributed by atoms with Crippen LogP contribution in [-0.2, 0) is 19.5 Å². The summed E-state index contributed by atoms with van der Waals surface area (Å²) in [7, 11) is -3.72. The molecule has 1 saturated heterocycles. The number of ether oxygens (including phenoxy) is 2. The van der Waals surface area contributed by atoms with E-state index in [1.807, 2.05) is 0 Å². The lowest BCUT2D eigenvalue weighted by Gasteiger charge is -2.26. The van der Waals surface area contributed by atoms with Crippen LogP contribution in [0.4, 0.5) is 0 Å². The molecule has 0 radical (unpaired) electrons.